The third-order valence-electron chi connectivity index (χ3n) is 5.23. The number of H-pyrrole nitrogens is 1. The lowest BCUT2D eigenvalue weighted by Gasteiger charge is -2.31. The molecule has 6 nitrogen and oxygen atoms in total. The second-order valence-corrected chi connectivity index (χ2v) is 8.53. The van der Waals surface area contributed by atoms with Crippen LogP contribution in [0.2, 0.25) is 0 Å². The minimum atomic E-state index is -0.768. The van der Waals surface area contributed by atoms with Crippen molar-refractivity contribution in [2.45, 2.75) is 44.4 Å². The molecule has 160 valence electrons. The fraction of sp³-hybridized carbons (Fsp3) is 0.304. The number of hydrogen-bond donors (Lipinski definition) is 1. The zero-order valence-electron chi connectivity index (χ0n) is 17.5. The molecule has 0 spiro atoms. The first-order valence-corrected chi connectivity index (χ1v) is 11.3. The van der Waals surface area contributed by atoms with E-state index in [0.717, 1.165) is 25.0 Å². The molecular weight excluding hydrogens is 415 g/mol. The van der Waals surface area contributed by atoms with Crippen LogP contribution in [0.5, 0.6) is 0 Å². The number of aromatic amines is 1. The van der Waals surface area contributed by atoms with E-state index in [9.17, 15) is 14.0 Å². The molecule has 1 aliphatic heterocycles. The Morgan fingerprint density at radius 1 is 1.23 bits per heavy atom. The van der Waals surface area contributed by atoms with Crippen LogP contribution >= 0.6 is 11.8 Å². The molecule has 1 N–H and O–H groups in total. The smallest absolute Gasteiger partial charge is 0.291 e. The summed E-state index contributed by atoms with van der Waals surface area (Å²) in [5, 5.41) is 5.18. The monoisotopic (exact) mass is 439 g/mol. The van der Waals surface area contributed by atoms with E-state index in [1.165, 1.54) is 30.8 Å². The van der Waals surface area contributed by atoms with E-state index in [-0.39, 0.29) is 11.5 Å². The third-order valence-corrected chi connectivity index (χ3v) is 6.18. The SMILES string of the molecule is CCCCCSc1n[n+]2c(c(=O)[nH]1)-c1ccccc1N(C(C)=O)[C@@H]2c1cccc(F)c1. The van der Waals surface area contributed by atoms with Crippen molar-refractivity contribution < 1.29 is 13.9 Å². The van der Waals surface area contributed by atoms with Gasteiger partial charge in [0.1, 0.15) is 5.82 Å². The molecule has 0 aliphatic carbocycles. The number of carbonyl (C=O) groups excluding carboxylic acids is 1. The molecule has 0 fully saturated rings. The quantitative estimate of drug-likeness (QED) is 0.357. The van der Waals surface area contributed by atoms with Gasteiger partial charge in [0.2, 0.25) is 11.1 Å². The van der Waals surface area contributed by atoms with Crippen LogP contribution < -0.4 is 15.1 Å². The Bertz CT molecular complexity index is 1180. The summed E-state index contributed by atoms with van der Waals surface area (Å²) in [6, 6.07) is 13.3. The zero-order valence-corrected chi connectivity index (χ0v) is 18.3. The van der Waals surface area contributed by atoms with E-state index in [1.54, 1.807) is 33.8 Å². The van der Waals surface area contributed by atoms with Crippen molar-refractivity contribution in [1.82, 2.24) is 10.1 Å². The molecule has 4 rings (SSSR count). The Kier molecular flexibility index (Phi) is 6.18. The fourth-order valence-corrected chi connectivity index (χ4v) is 4.72. The zero-order chi connectivity index (χ0) is 22.0. The average Bonchev–Trinajstić information content (AvgIpc) is 2.75. The Labute approximate surface area is 184 Å². The Balaban J connectivity index is 1.92. The van der Waals surface area contributed by atoms with Crippen molar-refractivity contribution in [2.24, 2.45) is 0 Å². The number of nitrogens with one attached hydrogen (secondary N) is 1. The van der Waals surface area contributed by atoms with Crippen LogP contribution in [0.15, 0.2) is 58.5 Å². The van der Waals surface area contributed by atoms with E-state index in [2.05, 4.69) is 11.9 Å². The largest absolute Gasteiger partial charge is 0.325 e. The van der Waals surface area contributed by atoms with Crippen molar-refractivity contribution >= 4 is 23.4 Å². The van der Waals surface area contributed by atoms with Crippen molar-refractivity contribution in [3.8, 4) is 11.3 Å². The molecule has 8 heteroatoms. The number of unbranched alkanes of at least 4 members (excludes halogenated alkanes) is 2. The standard InChI is InChI=1S/C23H23FN4O2S/c1-3-4-7-13-31-23-25-21(30)20-18-11-5-6-12-19(18)27(15(2)29)22(28(20)26-23)16-9-8-10-17(24)14-16/h5-6,8-12,14,22H,3-4,7,13H2,1-2H3/p+1/t22-/m0/s1. The van der Waals surface area contributed by atoms with Crippen molar-refractivity contribution in [3.63, 3.8) is 0 Å². The highest BCUT2D eigenvalue weighted by molar-refractivity contribution is 7.99. The predicted molar refractivity (Wildman–Crippen MR) is 118 cm³/mol. The number of rotatable bonds is 6. The molecule has 0 unspecified atom stereocenters. The third kappa shape index (κ3) is 4.12. The summed E-state index contributed by atoms with van der Waals surface area (Å²) in [6.07, 6.45) is 2.46. The summed E-state index contributed by atoms with van der Waals surface area (Å²) in [6.45, 7) is 3.60. The van der Waals surface area contributed by atoms with Gasteiger partial charge in [-0.3, -0.25) is 14.6 Å². The van der Waals surface area contributed by atoms with Gasteiger partial charge in [-0.15, -0.1) is 0 Å². The Morgan fingerprint density at radius 2 is 2.03 bits per heavy atom. The van der Waals surface area contributed by atoms with E-state index < -0.39 is 12.0 Å². The molecule has 2 heterocycles. The van der Waals surface area contributed by atoms with Crippen LogP contribution in [-0.4, -0.2) is 21.7 Å². The molecule has 0 radical (unpaired) electrons. The van der Waals surface area contributed by atoms with Gasteiger partial charge in [-0.05, 0) is 41.4 Å². The highest BCUT2D eigenvalue weighted by Gasteiger charge is 2.44. The number of benzene rings is 2. The number of halogens is 1. The first-order valence-electron chi connectivity index (χ1n) is 10.3. The van der Waals surface area contributed by atoms with Crippen LogP contribution in [-0.2, 0) is 4.79 Å². The summed E-state index contributed by atoms with van der Waals surface area (Å²) in [5.74, 6) is 0.188. The highest BCUT2D eigenvalue weighted by Crippen LogP contribution is 2.37. The topological polar surface area (TPSA) is 69.9 Å². The molecule has 1 amide bonds. The van der Waals surface area contributed by atoms with Crippen LogP contribution in [0.1, 0.15) is 44.8 Å². The first kappa shape index (κ1) is 21.2. The van der Waals surface area contributed by atoms with Crippen molar-refractivity contribution in [1.29, 1.82) is 0 Å². The molecule has 0 saturated carbocycles. The lowest BCUT2D eigenvalue weighted by molar-refractivity contribution is -0.763. The van der Waals surface area contributed by atoms with E-state index in [1.807, 2.05) is 12.1 Å². The summed E-state index contributed by atoms with van der Waals surface area (Å²) < 4.78 is 15.7. The maximum atomic E-state index is 14.1. The summed E-state index contributed by atoms with van der Waals surface area (Å²) in [4.78, 5) is 30.3. The number of anilines is 1. The Morgan fingerprint density at radius 3 is 2.77 bits per heavy atom. The summed E-state index contributed by atoms with van der Waals surface area (Å²) in [7, 11) is 0. The van der Waals surface area contributed by atoms with E-state index in [0.29, 0.717) is 27.7 Å². The van der Waals surface area contributed by atoms with Crippen molar-refractivity contribution in [2.75, 3.05) is 10.7 Å². The molecule has 0 saturated heterocycles. The second kappa shape index (κ2) is 9.01. The normalized spacial score (nSPS) is 14.8. The van der Waals surface area contributed by atoms with Crippen LogP contribution in [0.4, 0.5) is 10.1 Å². The van der Waals surface area contributed by atoms with Gasteiger partial charge in [0.25, 0.3) is 6.17 Å². The van der Waals surface area contributed by atoms with Gasteiger partial charge in [-0.1, -0.05) is 49.7 Å². The molecule has 31 heavy (non-hydrogen) atoms. The van der Waals surface area contributed by atoms with Crippen molar-refractivity contribution in [3.05, 3.63) is 70.3 Å². The van der Waals surface area contributed by atoms with Gasteiger partial charge in [0.15, 0.2) is 0 Å². The molecule has 3 aromatic rings. The maximum absolute atomic E-state index is 14.1. The molecule has 1 aliphatic rings. The minimum Gasteiger partial charge on any atom is -0.291 e. The number of carbonyl (C=O) groups is 1. The molecular formula is C23H24FN4O2S+. The Hall–Kier alpha value is -3.00. The van der Waals surface area contributed by atoms with Crippen LogP contribution in [0, 0.1) is 5.82 Å². The number of nitrogens with zero attached hydrogens (tertiary/aromatic N) is 3. The summed E-state index contributed by atoms with van der Waals surface area (Å²) in [5.41, 5.74) is 1.81. The van der Waals surface area contributed by atoms with Gasteiger partial charge in [0, 0.05) is 23.3 Å². The van der Waals surface area contributed by atoms with Gasteiger partial charge < -0.3 is 0 Å². The van der Waals surface area contributed by atoms with Crippen LogP contribution in [0.25, 0.3) is 11.3 Å². The number of para-hydroxylation sites is 1. The van der Waals surface area contributed by atoms with Gasteiger partial charge in [-0.2, -0.15) is 0 Å². The number of fused-ring (bicyclic) bond motifs is 3. The molecule has 0 bridgehead atoms. The fourth-order valence-electron chi connectivity index (χ4n) is 3.87. The average molecular weight is 440 g/mol. The lowest BCUT2D eigenvalue weighted by atomic mass is 10.0. The number of thioether (sulfide) groups is 1. The van der Waals surface area contributed by atoms with Gasteiger partial charge in [0.05, 0.1) is 11.3 Å². The van der Waals surface area contributed by atoms with Gasteiger partial charge >= 0.3 is 11.3 Å². The van der Waals surface area contributed by atoms with Gasteiger partial charge in [-0.25, -0.2) is 9.29 Å². The molecule has 1 atom stereocenters. The second-order valence-electron chi connectivity index (χ2n) is 7.44. The number of aromatic nitrogens is 3. The lowest BCUT2D eigenvalue weighted by Crippen LogP contribution is -2.60. The molecule has 2 aromatic carbocycles. The predicted octanol–water partition coefficient (Wildman–Crippen LogP) is 4.06. The molecule has 1 aromatic heterocycles. The first-order chi connectivity index (χ1) is 15.0. The highest BCUT2D eigenvalue weighted by atomic mass is 32.2. The van der Waals surface area contributed by atoms with Crippen LogP contribution in [0.3, 0.4) is 0 Å². The maximum Gasteiger partial charge on any atom is 0.325 e. The summed E-state index contributed by atoms with van der Waals surface area (Å²) >= 11 is 1.47. The minimum absolute atomic E-state index is 0.223. The number of hydrogen-bond acceptors (Lipinski definition) is 4. The van der Waals surface area contributed by atoms with E-state index in [4.69, 9.17) is 5.10 Å². The van der Waals surface area contributed by atoms with E-state index >= 15 is 0 Å². The number of amides is 1.